The number of aliphatic hydroxyl groups is 1. The molecule has 0 aliphatic heterocycles. The topological polar surface area (TPSA) is 38.7 Å². The number of fused-ring (bicyclic) bond motifs is 2. The molecule has 2 bridgehead atoms. The van der Waals surface area contributed by atoms with Gasteiger partial charge in [0.05, 0.1) is 19.8 Å². The van der Waals surface area contributed by atoms with E-state index < -0.39 is 5.60 Å². The van der Waals surface area contributed by atoms with Crippen LogP contribution < -0.4 is 0 Å². The molecule has 0 aromatic rings. The maximum absolute atomic E-state index is 12.4. The molecule has 3 unspecified atom stereocenters. The van der Waals surface area contributed by atoms with Gasteiger partial charge < -0.3 is 14.6 Å². The fourth-order valence-corrected chi connectivity index (χ4v) is 6.54. The van der Waals surface area contributed by atoms with Crippen LogP contribution in [0.2, 0.25) is 0 Å². The molecular weight excluding hydrogens is 336 g/mol. The Morgan fingerprint density at radius 1 is 1.11 bits per heavy atom. The fraction of sp³-hybridized carbons (Fsp3) is 0.833. The SMILES string of the molecule is CCCCCCC1CC=C(OC)C([C@]2(O)C3(C)CCC(C3)C2(C)C)=C1OC. The predicted octanol–water partition coefficient (Wildman–Crippen LogP) is 5.98. The number of ether oxygens (including phenoxy) is 2. The van der Waals surface area contributed by atoms with Crippen molar-refractivity contribution in [2.24, 2.45) is 22.7 Å². The Bertz CT molecular complexity index is 610. The van der Waals surface area contributed by atoms with Crippen molar-refractivity contribution in [3.63, 3.8) is 0 Å². The van der Waals surface area contributed by atoms with Gasteiger partial charge in [-0.25, -0.2) is 0 Å². The van der Waals surface area contributed by atoms with Crippen LogP contribution in [0.1, 0.15) is 85.5 Å². The molecule has 0 heterocycles. The van der Waals surface area contributed by atoms with E-state index in [1.165, 1.54) is 32.1 Å². The molecule has 0 aromatic carbocycles. The number of unbranched alkanes of at least 4 members (excludes halogenated alkanes) is 3. The first kappa shape index (κ1) is 20.8. The number of rotatable bonds is 8. The van der Waals surface area contributed by atoms with E-state index in [-0.39, 0.29) is 10.8 Å². The van der Waals surface area contributed by atoms with Crippen LogP contribution in [0, 0.1) is 22.7 Å². The third-order valence-corrected chi connectivity index (χ3v) is 8.23. The number of methoxy groups -OCH3 is 2. The minimum absolute atomic E-state index is 0.109. The van der Waals surface area contributed by atoms with Crippen LogP contribution in [0.4, 0.5) is 0 Å². The summed E-state index contributed by atoms with van der Waals surface area (Å²) in [6, 6.07) is 0. The van der Waals surface area contributed by atoms with Crippen molar-refractivity contribution < 1.29 is 14.6 Å². The first-order valence-electron chi connectivity index (χ1n) is 11.0. The van der Waals surface area contributed by atoms with Crippen molar-refractivity contribution >= 4 is 0 Å². The molecule has 2 fully saturated rings. The predicted molar refractivity (Wildman–Crippen MR) is 110 cm³/mol. The second-order valence-electron chi connectivity index (χ2n) is 9.93. The smallest absolute Gasteiger partial charge is 0.124 e. The average Bonchev–Trinajstić information content (AvgIpc) is 3.13. The first-order valence-corrected chi connectivity index (χ1v) is 11.0. The van der Waals surface area contributed by atoms with Gasteiger partial charge in [0.15, 0.2) is 0 Å². The zero-order chi connectivity index (χ0) is 19.9. The summed E-state index contributed by atoms with van der Waals surface area (Å²) in [5, 5.41) is 12.4. The summed E-state index contributed by atoms with van der Waals surface area (Å²) in [4.78, 5) is 0. The van der Waals surface area contributed by atoms with E-state index in [4.69, 9.17) is 9.47 Å². The molecule has 0 aromatic heterocycles. The molecule has 0 amide bonds. The summed E-state index contributed by atoms with van der Waals surface area (Å²) in [6.45, 7) is 9.03. The zero-order valence-corrected chi connectivity index (χ0v) is 18.4. The van der Waals surface area contributed by atoms with Gasteiger partial charge in [-0.15, -0.1) is 0 Å². The summed E-state index contributed by atoms with van der Waals surface area (Å²) < 4.78 is 11.8. The van der Waals surface area contributed by atoms with Crippen LogP contribution in [-0.2, 0) is 9.47 Å². The summed E-state index contributed by atoms with van der Waals surface area (Å²) in [6.07, 6.45) is 12.7. The Labute approximate surface area is 166 Å². The minimum atomic E-state index is -0.905. The Balaban J connectivity index is 2.02. The van der Waals surface area contributed by atoms with Gasteiger partial charge in [0, 0.05) is 16.7 Å². The second-order valence-corrected chi connectivity index (χ2v) is 9.93. The lowest BCUT2D eigenvalue weighted by Gasteiger charge is -2.53. The van der Waals surface area contributed by atoms with E-state index in [2.05, 4.69) is 33.8 Å². The van der Waals surface area contributed by atoms with Gasteiger partial charge in [0.1, 0.15) is 17.1 Å². The highest BCUT2D eigenvalue weighted by molar-refractivity contribution is 5.47. The molecule has 3 heteroatoms. The third kappa shape index (κ3) is 2.96. The van der Waals surface area contributed by atoms with E-state index >= 15 is 0 Å². The van der Waals surface area contributed by atoms with Gasteiger partial charge in [0.25, 0.3) is 0 Å². The summed E-state index contributed by atoms with van der Waals surface area (Å²) >= 11 is 0. The molecule has 4 atom stereocenters. The van der Waals surface area contributed by atoms with Crippen molar-refractivity contribution in [2.45, 2.75) is 91.1 Å². The molecule has 1 N–H and O–H groups in total. The Kier molecular flexibility index (Phi) is 5.74. The number of hydrogen-bond acceptors (Lipinski definition) is 3. The molecule has 0 saturated heterocycles. The number of hydrogen-bond donors (Lipinski definition) is 1. The highest BCUT2D eigenvalue weighted by atomic mass is 16.5. The molecule has 3 aliphatic rings. The second kappa shape index (κ2) is 7.46. The zero-order valence-electron chi connectivity index (χ0n) is 18.4. The van der Waals surface area contributed by atoms with E-state index in [0.717, 1.165) is 42.8 Å². The largest absolute Gasteiger partial charge is 0.500 e. The van der Waals surface area contributed by atoms with Crippen molar-refractivity contribution in [1.82, 2.24) is 0 Å². The summed E-state index contributed by atoms with van der Waals surface area (Å²) in [7, 11) is 3.51. The monoisotopic (exact) mass is 376 g/mol. The average molecular weight is 377 g/mol. The summed E-state index contributed by atoms with van der Waals surface area (Å²) in [5.41, 5.74) is -0.241. The van der Waals surface area contributed by atoms with Crippen LogP contribution in [-0.4, -0.2) is 24.9 Å². The highest BCUT2D eigenvalue weighted by Crippen LogP contribution is 2.71. The fourth-order valence-electron chi connectivity index (χ4n) is 6.54. The molecule has 3 aliphatic carbocycles. The van der Waals surface area contributed by atoms with Crippen LogP contribution in [0.25, 0.3) is 0 Å². The van der Waals surface area contributed by atoms with E-state index in [0.29, 0.717) is 11.8 Å². The molecule has 3 nitrogen and oxygen atoms in total. The molecule has 0 spiro atoms. The van der Waals surface area contributed by atoms with Crippen LogP contribution >= 0.6 is 0 Å². The van der Waals surface area contributed by atoms with Crippen LogP contribution in [0.15, 0.2) is 23.2 Å². The van der Waals surface area contributed by atoms with Crippen molar-refractivity contribution in [1.29, 1.82) is 0 Å². The van der Waals surface area contributed by atoms with Crippen molar-refractivity contribution in [2.75, 3.05) is 14.2 Å². The molecule has 2 saturated carbocycles. The maximum atomic E-state index is 12.4. The van der Waals surface area contributed by atoms with Gasteiger partial charge in [-0.3, -0.25) is 0 Å². The Hall–Kier alpha value is -0.960. The standard InChI is InChI=1S/C24H40O3/c1-7-8-9-10-11-17-12-13-19(26-5)20(21(17)27-6)24(25)22(2,3)18-14-15-23(24,4)16-18/h13,17-18,25H,7-12,14-16H2,1-6H3/t17?,18?,23?,24-/m1/s1. The Morgan fingerprint density at radius 2 is 1.85 bits per heavy atom. The van der Waals surface area contributed by atoms with Gasteiger partial charge in [-0.1, -0.05) is 53.4 Å². The van der Waals surface area contributed by atoms with Gasteiger partial charge in [-0.05, 0) is 44.1 Å². The lowest BCUT2D eigenvalue weighted by atomic mass is 9.56. The van der Waals surface area contributed by atoms with Crippen LogP contribution in [0.5, 0.6) is 0 Å². The van der Waals surface area contributed by atoms with Gasteiger partial charge >= 0.3 is 0 Å². The van der Waals surface area contributed by atoms with E-state index in [1.807, 2.05) is 0 Å². The Morgan fingerprint density at radius 3 is 2.41 bits per heavy atom. The van der Waals surface area contributed by atoms with Gasteiger partial charge in [0.2, 0.25) is 0 Å². The molecule has 0 radical (unpaired) electrons. The maximum Gasteiger partial charge on any atom is 0.124 e. The normalized spacial score (nSPS) is 37.5. The van der Waals surface area contributed by atoms with Crippen molar-refractivity contribution in [3.05, 3.63) is 23.2 Å². The first-order chi connectivity index (χ1) is 12.8. The molecule has 27 heavy (non-hydrogen) atoms. The van der Waals surface area contributed by atoms with Crippen molar-refractivity contribution in [3.8, 4) is 0 Å². The minimum Gasteiger partial charge on any atom is -0.500 e. The summed E-state index contributed by atoms with van der Waals surface area (Å²) in [5.74, 6) is 2.72. The number of allylic oxidation sites excluding steroid dienone is 2. The lowest BCUT2D eigenvalue weighted by molar-refractivity contribution is -0.118. The van der Waals surface area contributed by atoms with Gasteiger partial charge in [-0.2, -0.15) is 0 Å². The molecule has 154 valence electrons. The lowest BCUT2D eigenvalue weighted by Crippen LogP contribution is -2.56. The highest BCUT2D eigenvalue weighted by Gasteiger charge is 2.71. The molecule has 3 rings (SSSR count). The van der Waals surface area contributed by atoms with E-state index in [1.54, 1.807) is 14.2 Å². The quantitative estimate of drug-likeness (QED) is 0.529. The van der Waals surface area contributed by atoms with E-state index in [9.17, 15) is 5.11 Å². The molecular formula is C24H40O3. The van der Waals surface area contributed by atoms with Crippen LogP contribution in [0.3, 0.4) is 0 Å². The third-order valence-electron chi connectivity index (χ3n) is 8.23.